The minimum absolute atomic E-state index is 0.0432. The highest BCUT2D eigenvalue weighted by atomic mass is 79.9. The van der Waals surface area contributed by atoms with E-state index in [9.17, 15) is 4.39 Å². The lowest BCUT2D eigenvalue weighted by Gasteiger charge is -2.40. The molecular formula is C11H11BrClFO2. The van der Waals surface area contributed by atoms with Gasteiger partial charge in [0.15, 0.2) is 11.6 Å². The van der Waals surface area contributed by atoms with Gasteiger partial charge < -0.3 is 9.47 Å². The van der Waals surface area contributed by atoms with Crippen molar-refractivity contribution in [3.8, 4) is 5.75 Å². The van der Waals surface area contributed by atoms with Gasteiger partial charge in [0.05, 0.1) is 5.02 Å². The van der Waals surface area contributed by atoms with Crippen LogP contribution in [-0.4, -0.2) is 24.1 Å². The van der Waals surface area contributed by atoms with Gasteiger partial charge >= 0.3 is 0 Å². The largest absolute Gasteiger partial charge is 0.484 e. The molecule has 2 nitrogen and oxygen atoms in total. The van der Waals surface area contributed by atoms with Crippen LogP contribution in [0.4, 0.5) is 4.39 Å². The quantitative estimate of drug-likeness (QED) is 0.797. The van der Waals surface area contributed by atoms with Crippen LogP contribution in [0.15, 0.2) is 18.2 Å². The zero-order chi connectivity index (χ0) is 11.7. The molecule has 1 aliphatic carbocycles. The van der Waals surface area contributed by atoms with E-state index in [4.69, 9.17) is 21.1 Å². The zero-order valence-corrected chi connectivity index (χ0v) is 11.0. The van der Waals surface area contributed by atoms with Gasteiger partial charge in [0, 0.05) is 18.4 Å². The van der Waals surface area contributed by atoms with E-state index in [0.717, 1.165) is 6.42 Å². The lowest BCUT2D eigenvalue weighted by molar-refractivity contribution is -0.0557. The predicted octanol–water partition coefficient (Wildman–Crippen LogP) is 3.41. The second kappa shape index (κ2) is 4.90. The average Bonchev–Trinajstić information content (AvgIpc) is 2.24. The third kappa shape index (κ3) is 2.19. The fourth-order valence-corrected chi connectivity index (χ4v) is 2.77. The van der Waals surface area contributed by atoms with E-state index >= 15 is 0 Å². The summed E-state index contributed by atoms with van der Waals surface area (Å²) in [4.78, 5) is 0.268. The summed E-state index contributed by atoms with van der Waals surface area (Å²) in [5.41, 5.74) is 0. The number of ether oxygens (including phenoxy) is 2. The Hall–Kier alpha value is -0.320. The maximum absolute atomic E-state index is 13.5. The molecule has 1 saturated carbocycles. The molecule has 0 radical (unpaired) electrons. The van der Waals surface area contributed by atoms with Crippen LogP contribution in [0.25, 0.3) is 0 Å². The third-order valence-electron chi connectivity index (χ3n) is 2.65. The van der Waals surface area contributed by atoms with Gasteiger partial charge in [-0.15, -0.1) is 0 Å². The summed E-state index contributed by atoms with van der Waals surface area (Å²) in [5.74, 6) is -0.337. The van der Waals surface area contributed by atoms with E-state index in [1.807, 2.05) is 0 Å². The van der Waals surface area contributed by atoms with Crippen LogP contribution in [0.2, 0.25) is 5.02 Å². The fourth-order valence-electron chi connectivity index (χ4n) is 1.68. The Bertz CT molecular complexity index is 388. The monoisotopic (exact) mass is 308 g/mol. The third-order valence-corrected chi connectivity index (χ3v) is 3.83. The van der Waals surface area contributed by atoms with Crippen LogP contribution in [0.1, 0.15) is 6.42 Å². The van der Waals surface area contributed by atoms with E-state index in [0.29, 0.717) is 0 Å². The molecule has 0 saturated heterocycles. The second-order valence-corrected chi connectivity index (χ2v) is 5.24. The van der Waals surface area contributed by atoms with Gasteiger partial charge in [0.1, 0.15) is 12.2 Å². The average molecular weight is 310 g/mol. The number of halogens is 3. The smallest absolute Gasteiger partial charge is 0.183 e. The molecule has 88 valence electrons. The van der Waals surface area contributed by atoms with Crippen LogP contribution in [0.3, 0.4) is 0 Å². The van der Waals surface area contributed by atoms with E-state index in [-0.39, 0.29) is 27.8 Å². The molecule has 1 aliphatic rings. The second-order valence-electron chi connectivity index (χ2n) is 3.66. The van der Waals surface area contributed by atoms with Gasteiger partial charge in [-0.3, -0.25) is 0 Å². The number of hydrogen-bond donors (Lipinski definition) is 0. The first-order valence-corrected chi connectivity index (χ1v) is 6.20. The fraction of sp³-hybridized carbons (Fsp3) is 0.455. The molecule has 16 heavy (non-hydrogen) atoms. The van der Waals surface area contributed by atoms with Crippen LogP contribution in [0.5, 0.6) is 5.75 Å². The van der Waals surface area contributed by atoms with Crippen molar-refractivity contribution in [1.82, 2.24) is 0 Å². The van der Waals surface area contributed by atoms with Crippen molar-refractivity contribution >= 4 is 27.5 Å². The predicted molar refractivity (Wildman–Crippen MR) is 64.0 cm³/mol. The Labute approximate surface area is 107 Å². The summed E-state index contributed by atoms with van der Waals surface area (Å²) in [5, 5.41) is 0.0705. The molecule has 3 atom stereocenters. The van der Waals surface area contributed by atoms with Gasteiger partial charge in [-0.1, -0.05) is 33.6 Å². The van der Waals surface area contributed by atoms with Gasteiger partial charge in [-0.05, 0) is 12.1 Å². The van der Waals surface area contributed by atoms with Gasteiger partial charge in [0.25, 0.3) is 0 Å². The maximum Gasteiger partial charge on any atom is 0.183 e. The standard InChI is InChI=1S/C11H11BrClFO2/c1-15-11-6(12)5-9(11)16-8-4-2-3-7(13)10(8)14/h2-4,6,9,11H,5H2,1H3. The lowest BCUT2D eigenvalue weighted by Crippen LogP contribution is -2.51. The molecule has 0 heterocycles. The SMILES string of the molecule is COC1C(Br)CC1Oc1cccc(Cl)c1F. The summed E-state index contributed by atoms with van der Waals surface area (Å²) in [6.07, 6.45) is 0.630. The Morgan fingerprint density at radius 3 is 2.88 bits per heavy atom. The molecule has 5 heteroatoms. The highest BCUT2D eigenvalue weighted by Crippen LogP contribution is 2.35. The molecule has 3 unspecified atom stereocenters. The number of alkyl halides is 1. The van der Waals surface area contributed by atoms with E-state index < -0.39 is 5.82 Å². The lowest BCUT2D eigenvalue weighted by atomic mass is 9.91. The summed E-state index contributed by atoms with van der Waals surface area (Å²) >= 11 is 9.11. The van der Waals surface area contributed by atoms with E-state index in [1.54, 1.807) is 19.2 Å². The summed E-state index contributed by atoms with van der Waals surface area (Å²) in [7, 11) is 1.61. The molecule has 1 aromatic carbocycles. The first kappa shape index (κ1) is 12.1. The van der Waals surface area contributed by atoms with Crippen molar-refractivity contribution < 1.29 is 13.9 Å². The molecule has 0 bridgehead atoms. The summed E-state index contributed by atoms with van der Waals surface area (Å²) in [6.45, 7) is 0. The highest BCUT2D eigenvalue weighted by molar-refractivity contribution is 9.09. The molecular weight excluding hydrogens is 298 g/mol. The van der Waals surface area contributed by atoms with Crippen LogP contribution >= 0.6 is 27.5 Å². The topological polar surface area (TPSA) is 18.5 Å². The van der Waals surface area contributed by atoms with Crippen molar-refractivity contribution in [1.29, 1.82) is 0 Å². The number of benzene rings is 1. The minimum Gasteiger partial charge on any atom is -0.484 e. The molecule has 0 spiro atoms. The first-order chi connectivity index (χ1) is 7.63. The molecule has 0 amide bonds. The van der Waals surface area contributed by atoms with Crippen molar-refractivity contribution in [3.63, 3.8) is 0 Å². The number of hydrogen-bond acceptors (Lipinski definition) is 2. The molecule has 1 fully saturated rings. The first-order valence-electron chi connectivity index (χ1n) is 4.91. The van der Waals surface area contributed by atoms with Crippen LogP contribution < -0.4 is 4.74 Å². The van der Waals surface area contributed by atoms with E-state index in [2.05, 4.69) is 15.9 Å². The number of rotatable bonds is 3. The van der Waals surface area contributed by atoms with E-state index in [1.165, 1.54) is 6.07 Å². The Morgan fingerprint density at radius 1 is 1.50 bits per heavy atom. The zero-order valence-electron chi connectivity index (χ0n) is 8.62. The molecule has 0 N–H and O–H groups in total. The highest BCUT2D eigenvalue weighted by Gasteiger charge is 2.42. The van der Waals surface area contributed by atoms with Crippen molar-refractivity contribution in [3.05, 3.63) is 29.0 Å². The normalized spacial score (nSPS) is 28.6. The van der Waals surface area contributed by atoms with Crippen molar-refractivity contribution in [2.45, 2.75) is 23.5 Å². The van der Waals surface area contributed by atoms with Crippen molar-refractivity contribution in [2.75, 3.05) is 7.11 Å². The molecule has 2 rings (SSSR count). The van der Waals surface area contributed by atoms with Gasteiger partial charge in [-0.25, -0.2) is 4.39 Å². The molecule has 0 aliphatic heterocycles. The van der Waals surface area contributed by atoms with Crippen molar-refractivity contribution in [2.24, 2.45) is 0 Å². The number of methoxy groups -OCH3 is 1. The molecule has 1 aromatic rings. The summed E-state index contributed by atoms with van der Waals surface area (Å²) in [6, 6.07) is 4.72. The minimum atomic E-state index is -0.517. The van der Waals surface area contributed by atoms with Gasteiger partial charge in [0.2, 0.25) is 0 Å². The van der Waals surface area contributed by atoms with Crippen LogP contribution in [0, 0.1) is 5.82 Å². The van der Waals surface area contributed by atoms with Gasteiger partial charge in [-0.2, -0.15) is 0 Å². The Kier molecular flexibility index (Phi) is 3.72. The van der Waals surface area contributed by atoms with Crippen LogP contribution in [-0.2, 0) is 4.74 Å². The Morgan fingerprint density at radius 2 is 2.25 bits per heavy atom. The molecule has 0 aromatic heterocycles. The Balaban J connectivity index is 2.07. The summed E-state index contributed by atoms with van der Waals surface area (Å²) < 4.78 is 24.3. The maximum atomic E-state index is 13.5.